The lowest BCUT2D eigenvalue weighted by Gasteiger charge is -2.10. The molecule has 1 aromatic heterocycles. The van der Waals surface area contributed by atoms with Gasteiger partial charge in [0.05, 0.1) is 23.6 Å². The first kappa shape index (κ1) is 15.4. The fraction of sp³-hybridized carbons (Fsp3) is 0.500. The van der Waals surface area contributed by atoms with Crippen LogP contribution in [0.3, 0.4) is 0 Å². The molecule has 0 aliphatic carbocycles. The van der Waals surface area contributed by atoms with Crippen molar-refractivity contribution in [2.24, 2.45) is 0 Å². The van der Waals surface area contributed by atoms with E-state index in [2.05, 4.69) is 16.5 Å². The summed E-state index contributed by atoms with van der Waals surface area (Å²) in [4.78, 5) is 15.4. The molecule has 1 heterocycles. The molecule has 0 bridgehead atoms. The first-order chi connectivity index (χ1) is 10.0. The predicted molar refractivity (Wildman–Crippen MR) is 81.7 cm³/mol. The van der Waals surface area contributed by atoms with Gasteiger partial charge >= 0.3 is 5.97 Å². The number of hydrogen-bond acceptors (Lipinski definition) is 3. The summed E-state index contributed by atoms with van der Waals surface area (Å²) in [5.41, 5.74) is 1.90. The number of nitrogens with zero attached hydrogens (tertiary/aromatic N) is 2. The number of aryl methyl sites for hydroxylation is 2. The topological polar surface area (TPSA) is 64.4 Å². The Morgan fingerprint density at radius 1 is 1.43 bits per heavy atom. The minimum Gasteiger partial charge on any atom is -0.491 e. The molecule has 0 fully saturated rings. The number of aliphatic carboxylic acids is 1. The third kappa shape index (κ3) is 3.74. The number of carboxylic acids is 1. The van der Waals surface area contributed by atoms with E-state index in [9.17, 15) is 4.79 Å². The maximum atomic E-state index is 10.8. The number of hydrogen-bond donors (Lipinski definition) is 1. The fourth-order valence-corrected chi connectivity index (χ4v) is 2.39. The van der Waals surface area contributed by atoms with Gasteiger partial charge < -0.3 is 14.4 Å². The number of fused-ring (bicyclic) bond motifs is 1. The fourth-order valence-electron chi connectivity index (χ4n) is 2.39. The second-order valence-electron chi connectivity index (χ2n) is 5.39. The highest BCUT2D eigenvalue weighted by Gasteiger charge is 2.12. The lowest BCUT2D eigenvalue weighted by molar-refractivity contribution is -0.137. The zero-order chi connectivity index (χ0) is 15.4. The highest BCUT2D eigenvalue weighted by molar-refractivity contribution is 5.78. The SMILES string of the molecule is CCCn1c(CCC(=O)O)nc2cc(OC(C)C)ccc21. The molecule has 1 N–H and O–H groups in total. The molecule has 21 heavy (non-hydrogen) atoms. The summed E-state index contributed by atoms with van der Waals surface area (Å²) in [5.74, 6) is 0.827. The van der Waals surface area contributed by atoms with Gasteiger partial charge in [0.25, 0.3) is 0 Å². The van der Waals surface area contributed by atoms with Crippen molar-refractivity contribution < 1.29 is 14.6 Å². The summed E-state index contributed by atoms with van der Waals surface area (Å²) in [6, 6.07) is 5.86. The van der Waals surface area contributed by atoms with Crippen LogP contribution >= 0.6 is 0 Å². The second kappa shape index (κ2) is 6.61. The van der Waals surface area contributed by atoms with E-state index >= 15 is 0 Å². The number of rotatable bonds is 7. The van der Waals surface area contributed by atoms with Crippen LogP contribution in [0.2, 0.25) is 0 Å². The van der Waals surface area contributed by atoms with Gasteiger partial charge in [0.15, 0.2) is 0 Å². The van der Waals surface area contributed by atoms with E-state index in [1.54, 1.807) is 0 Å². The predicted octanol–water partition coefficient (Wildman–Crippen LogP) is 3.25. The Bertz CT molecular complexity index is 632. The minimum absolute atomic E-state index is 0.0996. The van der Waals surface area contributed by atoms with E-state index < -0.39 is 5.97 Å². The van der Waals surface area contributed by atoms with Crippen LogP contribution < -0.4 is 4.74 Å². The largest absolute Gasteiger partial charge is 0.491 e. The molecule has 0 atom stereocenters. The Labute approximate surface area is 124 Å². The zero-order valence-corrected chi connectivity index (χ0v) is 12.8. The molecule has 1 aromatic carbocycles. The van der Waals surface area contributed by atoms with E-state index in [1.807, 2.05) is 32.0 Å². The Morgan fingerprint density at radius 3 is 2.81 bits per heavy atom. The van der Waals surface area contributed by atoms with Crippen molar-refractivity contribution in [2.75, 3.05) is 0 Å². The summed E-state index contributed by atoms with van der Waals surface area (Å²) < 4.78 is 7.79. The highest BCUT2D eigenvalue weighted by Crippen LogP contribution is 2.23. The van der Waals surface area contributed by atoms with Gasteiger partial charge in [-0.15, -0.1) is 0 Å². The molecule has 0 spiro atoms. The number of ether oxygens (including phenoxy) is 1. The lowest BCUT2D eigenvalue weighted by Crippen LogP contribution is -2.06. The van der Waals surface area contributed by atoms with Crippen LogP contribution in [-0.2, 0) is 17.8 Å². The Kier molecular flexibility index (Phi) is 4.83. The van der Waals surface area contributed by atoms with Gasteiger partial charge in [-0.1, -0.05) is 6.92 Å². The van der Waals surface area contributed by atoms with Crippen LogP contribution in [0.5, 0.6) is 5.75 Å². The van der Waals surface area contributed by atoms with Crippen LogP contribution in [0, 0.1) is 0 Å². The molecule has 0 saturated heterocycles. The summed E-state index contributed by atoms with van der Waals surface area (Å²) in [6.07, 6.45) is 1.65. The standard InChI is InChI=1S/C16H22N2O3/c1-4-9-18-14-6-5-12(21-11(2)3)10-13(14)17-15(18)7-8-16(19)20/h5-6,10-11H,4,7-9H2,1-3H3,(H,19,20). The smallest absolute Gasteiger partial charge is 0.303 e. The van der Waals surface area contributed by atoms with Crippen LogP contribution in [0.25, 0.3) is 11.0 Å². The van der Waals surface area contributed by atoms with Gasteiger partial charge in [-0.25, -0.2) is 4.98 Å². The number of benzene rings is 1. The molecule has 0 amide bonds. The van der Waals surface area contributed by atoms with Crippen molar-refractivity contribution in [1.82, 2.24) is 9.55 Å². The number of imidazole rings is 1. The summed E-state index contributed by atoms with van der Waals surface area (Å²) >= 11 is 0. The van der Waals surface area contributed by atoms with E-state index in [0.29, 0.717) is 6.42 Å². The molecule has 0 unspecified atom stereocenters. The molecule has 0 aliphatic heterocycles. The molecule has 0 aliphatic rings. The average molecular weight is 290 g/mol. The van der Waals surface area contributed by atoms with Gasteiger partial charge in [0.2, 0.25) is 0 Å². The van der Waals surface area contributed by atoms with E-state index in [0.717, 1.165) is 35.6 Å². The molecule has 114 valence electrons. The first-order valence-corrected chi connectivity index (χ1v) is 7.39. The van der Waals surface area contributed by atoms with Crippen molar-refractivity contribution in [1.29, 1.82) is 0 Å². The first-order valence-electron chi connectivity index (χ1n) is 7.39. The maximum absolute atomic E-state index is 10.8. The molecular weight excluding hydrogens is 268 g/mol. The molecule has 5 heteroatoms. The maximum Gasteiger partial charge on any atom is 0.303 e. The quantitative estimate of drug-likeness (QED) is 0.850. The Hall–Kier alpha value is -2.04. The van der Waals surface area contributed by atoms with Crippen LogP contribution in [0.15, 0.2) is 18.2 Å². The van der Waals surface area contributed by atoms with Crippen LogP contribution in [0.1, 0.15) is 39.4 Å². The molecule has 5 nitrogen and oxygen atoms in total. The lowest BCUT2D eigenvalue weighted by atomic mass is 10.3. The molecule has 0 radical (unpaired) electrons. The van der Waals surface area contributed by atoms with Crippen molar-refractivity contribution in [3.63, 3.8) is 0 Å². The molecule has 0 saturated carbocycles. The minimum atomic E-state index is -0.797. The van der Waals surface area contributed by atoms with E-state index in [1.165, 1.54) is 0 Å². The van der Waals surface area contributed by atoms with Gasteiger partial charge in [-0.05, 0) is 32.4 Å². The number of carboxylic acid groups (broad SMARTS) is 1. The van der Waals surface area contributed by atoms with Crippen LogP contribution in [0.4, 0.5) is 0 Å². The van der Waals surface area contributed by atoms with E-state index in [-0.39, 0.29) is 12.5 Å². The summed E-state index contributed by atoms with van der Waals surface area (Å²) in [6.45, 7) is 6.91. The highest BCUT2D eigenvalue weighted by atomic mass is 16.5. The van der Waals surface area contributed by atoms with E-state index in [4.69, 9.17) is 9.84 Å². The van der Waals surface area contributed by atoms with Crippen molar-refractivity contribution in [2.45, 2.75) is 52.7 Å². The zero-order valence-electron chi connectivity index (χ0n) is 12.8. The van der Waals surface area contributed by atoms with Gasteiger partial charge in [-0.2, -0.15) is 0 Å². The number of aromatic nitrogens is 2. The Morgan fingerprint density at radius 2 is 2.19 bits per heavy atom. The normalized spacial score (nSPS) is 11.2. The van der Waals surface area contributed by atoms with Gasteiger partial charge in [0.1, 0.15) is 11.6 Å². The van der Waals surface area contributed by atoms with Gasteiger partial charge in [-0.3, -0.25) is 4.79 Å². The Balaban J connectivity index is 2.37. The van der Waals surface area contributed by atoms with Crippen molar-refractivity contribution in [3.05, 3.63) is 24.0 Å². The van der Waals surface area contributed by atoms with Crippen molar-refractivity contribution >= 4 is 17.0 Å². The molecule has 2 aromatic rings. The van der Waals surface area contributed by atoms with Crippen LogP contribution in [-0.4, -0.2) is 26.7 Å². The van der Waals surface area contributed by atoms with Crippen molar-refractivity contribution in [3.8, 4) is 5.75 Å². The average Bonchev–Trinajstić information content (AvgIpc) is 2.74. The summed E-state index contributed by atoms with van der Waals surface area (Å²) in [7, 11) is 0. The monoisotopic (exact) mass is 290 g/mol. The third-order valence-corrected chi connectivity index (χ3v) is 3.18. The second-order valence-corrected chi connectivity index (χ2v) is 5.39. The van der Waals surface area contributed by atoms with Gasteiger partial charge in [0, 0.05) is 19.0 Å². The molecular formula is C16H22N2O3. The molecule has 2 rings (SSSR count). The third-order valence-electron chi connectivity index (χ3n) is 3.18. The number of carbonyl (C=O) groups is 1. The summed E-state index contributed by atoms with van der Waals surface area (Å²) in [5, 5.41) is 8.86.